The molecule has 2 rings (SSSR count). The molecule has 0 saturated carbocycles. The van der Waals surface area contributed by atoms with Crippen LogP contribution in [0.4, 0.5) is 0 Å². The van der Waals surface area contributed by atoms with Crippen molar-refractivity contribution in [2.45, 2.75) is 6.42 Å². The molecule has 2 aromatic carbocycles. The van der Waals surface area contributed by atoms with Gasteiger partial charge in [0.15, 0.2) is 0 Å². The minimum atomic E-state index is -0.516. The van der Waals surface area contributed by atoms with Crippen molar-refractivity contribution in [3.8, 4) is 5.75 Å². The monoisotopic (exact) mass is 366 g/mol. The van der Waals surface area contributed by atoms with Gasteiger partial charge in [-0.3, -0.25) is 4.79 Å². The minimum absolute atomic E-state index is 0.348. The summed E-state index contributed by atoms with van der Waals surface area (Å²) in [7, 11) is 1.59. The Hall–Kier alpha value is -1.63. The highest BCUT2D eigenvalue weighted by molar-refractivity contribution is 9.10. The third-order valence-corrected chi connectivity index (χ3v) is 3.85. The molecule has 0 unspecified atom stereocenters. The molecule has 0 aliphatic heterocycles. The Morgan fingerprint density at radius 1 is 1.27 bits per heavy atom. The average molecular weight is 367 g/mol. The van der Waals surface area contributed by atoms with E-state index in [4.69, 9.17) is 20.9 Å². The summed E-state index contributed by atoms with van der Waals surface area (Å²) in [6, 6.07) is 7.70. The van der Waals surface area contributed by atoms with Crippen LogP contribution in [-0.4, -0.2) is 32.8 Å². The number of primary amides is 1. The molecule has 0 aliphatic carbocycles. The zero-order valence-corrected chi connectivity index (χ0v) is 14.0. The summed E-state index contributed by atoms with van der Waals surface area (Å²) in [6.07, 6.45) is 0.548. The molecule has 1 amide bonds. The fourth-order valence-electron chi connectivity index (χ4n) is 2.44. The number of ether oxygens (including phenoxy) is 2. The first kappa shape index (κ1) is 16.7. The van der Waals surface area contributed by atoms with Crippen LogP contribution in [0.2, 0.25) is 0 Å². The lowest BCUT2D eigenvalue weighted by Crippen LogP contribution is -2.19. The molecule has 4 N–H and O–H groups in total. The normalized spacial score (nSPS) is 10.9. The lowest BCUT2D eigenvalue weighted by molar-refractivity contribution is 0.0991. The SMILES string of the molecule is COCCOc1cc2ccc(Br)cc2c(CCN)c1C(N)=O. The highest BCUT2D eigenvalue weighted by atomic mass is 79.9. The van der Waals surface area contributed by atoms with Gasteiger partial charge in [-0.15, -0.1) is 0 Å². The van der Waals surface area contributed by atoms with Crippen molar-refractivity contribution in [3.63, 3.8) is 0 Å². The Balaban J connectivity index is 2.64. The van der Waals surface area contributed by atoms with E-state index in [0.29, 0.717) is 37.5 Å². The number of halogens is 1. The largest absolute Gasteiger partial charge is 0.490 e. The van der Waals surface area contributed by atoms with Gasteiger partial charge in [-0.25, -0.2) is 0 Å². The number of rotatable bonds is 7. The summed E-state index contributed by atoms with van der Waals surface area (Å²) in [5, 5.41) is 1.93. The van der Waals surface area contributed by atoms with E-state index >= 15 is 0 Å². The van der Waals surface area contributed by atoms with Gasteiger partial charge in [-0.2, -0.15) is 0 Å². The van der Waals surface area contributed by atoms with E-state index in [9.17, 15) is 4.79 Å². The van der Waals surface area contributed by atoms with Gasteiger partial charge in [0.05, 0.1) is 12.2 Å². The number of benzene rings is 2. The number of hydrogen-bond donors (Lipinski definition) is 2. The summed E-state index contributed by atoms with van der Waals surface area (Å²) in [5.41, 5.74) is 12.5. The predicted molar refractivity (Wildman–Crippen MR) is 90.3 cm³/mol. The first-order chi connectivity index (χ1) is 10.6. The lowest BCUT2D eigenvalue weighted by Gasteiger charge is -2.16. The molecule has 0 atom stereocenters. The first-order valence-corrected chi connectivity index (χ1v) is 7.74. The van der Waals surface area contributed by atoms with Crippen molar-refractivity contribution < 1.29 is 14.3 Å². The van der Waals surface area contributed by atoms with Gasteiger partial charge < -0.3 is 20.9 Å². The lowest BCUT2D eigenvalue weighted by atomic mass is 9.95. The molecule has 0 bridgehead atoms. The van der Waals surface area contributed by atoms with E-state index in [1.165, 1.54) is 0 Å². The van der Waals surface area contributed by atoms with Crippen LogP contribution >= 0.6 is 15.9 Å². The number of hydrogen-bond acceptors (Lipinski definition) is 4. The van der Waals surface area contributed by atoms with Crippen molar-refractivity contribution in [1.29, 1.82) is 0 Å². The van der Waals surface area contributed by atoms with Crippen LogP contribution in [0.1, 0.15) is 15.9 Å². The van der Waals surface area contributed by atoms with E-state index in [2.05, 4.69) is 15.9 Å². The average Bonchev–Trinajstić information content (AvgIpc) is 2.48. The third-order valence-electron chi connectivity index (χ3n) is 3.36. The van der Waals surface area contributed by atoms with Crippen LogP contribution in [-0.2, 0) is 11.2 Å². The highest BCUT2D eigenvalue weighted by Crippen LogP contribution is 2.33. The van der Waals surface area contributed by atoms with Crippen molar-refractivity contribution in [2.75, 3.05) is 26.9 Å². The van der Waals surface area contributed by atoms with Gasteiger partial charge in [0, 0.05) is 11.6 Å². The summed E-state index contributed by atoms with van der Waals surface area (Å²) >= 11 is 3.45. The molecule has 0 heterocycles. The second-order valence-corrected chi connectivity index (χ2v) is 5.75. The zero-order valence-electron chi connectivity index (χ0n) is 12.4. The third kappa shape index (κ3) is 3.58. The van der Waals surface area contributed by atoms with Crippen LogP contribution in [0, 0.1) is 0 Å². The Bertz CT molecular complexity index is 689. The zero-order chi connectivity index (χ0) is 16.1. The van der Waals surface area contributed by atoms with Gasteiger partial charge in [0.25, 0.3) is 5.91 Å². The number of methoxy groups -OCH3 is 1. The summed E-state index contributed by atoms with van der Waals surface area (Å²) < 4.78 is 11.6. The van der Waals surface area contributed by atoms with Gasteiger partial charge in [-0.05, 0) is 47.5 Å². The fourth-order valence-corrected chi connectivity index (χ4v) is 2.80. The van der Waals surface area contributed by atoms with E-state index in [1.807, 2.05) is 24.3 Å². The number of fused-ring (bicyclic) bond motifs is 1. The van der Waals surface area contributed by atoms with Gasteiger partial charge in [0.2, 0.25) is 0 Å². The van der Waals surface area contributed by atoms with Crippen molar-refractivity contribution in [2.24, 2.45) is 11.5 Å². The maximum Gasteiger partial charge on any atom is 0.252 e. The molecule has 0 fully saturated rings. The van der Waals surface area contributed by atoms with E-state index in [1.54, 1.807) is 7.11 Å². The molecule has 0 aliphatic rings. The summed E-state index contributed by atoms with van der Waals surface area (Å²) in [4.78, 5) is 11.9. The van der Waals surface area contributed by atoms with Gasteiger partial charge >= 0.3 is 0 Å². The standard InChI is InChI=1S/C16H19BrN2O3/c1-21-6-7-22-14-8-10-2-3-11(17)9-13(10)12(4-5-18)15(14)16(19)20/h2-3,8-9H,4-7,18H2,1H3,(H2,19,20). The Labute approximate surface area is 137 Å². The first-order valence-electron chi connectivity index (χ1n) is 6.95. The van der Waals surface area contributed by atoms with Crippen molar-refractivity contribution in [3.05, 3.63) is 39.9 Å². The molecule has 22 heavy (non-hydrogen) atoms. The van der Waals surface area contributed by atoms with Crippen LogP contribution in [0.5, 0.6) is 5.75 Å². The summed E-state index contributed by atoms with van der Waals surface area (Å²) in [6.45, 7) is 1.20. The quantitative estimate of drug-likeness (QED) is 0.735. The van der Waals surface area contributed by atoms with E-state index < -0.39 is 5.91 Å². The number of amides is 1. The molecule has 0 saturated heterocycles. The molecule has 118 valence electrons. The van der Waals surface area contributed by atoms with E-state index in [-0.39, 0.29) is 0 Å². The molecule has 5 nitrogen and oxygen atoms in total. The molecule has 0 aromatic heterocycles. The maximum absolute atomic E-state index is 11.9. The minimum Gasteiger partial charge on any atom is -0.490 e. The van der Waals surface area contributed by atoms with Crippen LogP contribution in [0.25, 0.3) is 10.8 Å². The van der Waals surface area contributed by atoms with Crippen LogP contribution in [0.3, 0.4) is 0 Å². The number of nitrogens with two attached hydrogens (primary N) is 2. The van der Waals surface area contributed by atoms with Gasteiger partial charge in [-0.1, -0.05) is 22.0 Å². The number of carbonyl (C=O) groups excluding carboxylic acids is 1. The molecule has 2 aromatic rings. The second kappa shape index (κ2) is 7.58. The van der Waals surface area contributed by atoms with Crippen molar-refractivity contribution >= 4 is 32.6 Å². The molecular formula is C16H19BrN2O3. The fraction of sp³-hybridized carbons (Fsp3) is 0.312. The Morgan fingerprint density at radius 3 is 2.68 bits per heavy atom. The smallest absolute Gasteiger partial charge is 0.252 e. The topological polar surface area (TPSA) is 87.6 Å². The predicted octanol–water partition coefficient (Wildman–Crippen LogP) is 2.23. The molecule has 0 radical (unpaired) electrons. The highest BCUT2D eigenvalue weighted by Gasteiger charge is 2.18. The van der Waals surface area contributed by atoms with Crippen molar-refractivity contribution in [1.82, 2.24) is 0 Å². The summed E-state index contributed by atoms with van der Waals surface area (Å²) in [5.74, 6) is -0.0411. The molecule has 6 heteroatoms. The van der Waals surface area contributed by atoms with Gasteiger partial charge in [0.1, 0.15) is 12.4 Å². The molecule has 0 spiro atoms. The maximum atomic E-state index is 11.9. The van der Waals surface area contributed by atoms with E-state index in [0.717, 1.165) is 20.8 Å². The Morgan fingerprint density at radius 2 is 2.05 bits per heavy atom. The Kier molecular flexibility index (Phi) is 5.76. The van der Waals surface area contributed by atoms with Crippen LogP contribution < -0.4 is 16.2 Å². The number of carbonyl (C=O) groups is 1. The van der Waals surface area contributed by atoms with Crippen LogP contribution in [0.15, 0.2) is 28.7 Å². The molecular weight excluding hydrogens is 348 g/mol. The second-order valence-electron chi connectivity index (χ2n) is 4.84.